The van der Waals surface area contributed by atoms with Crippen LogP contribution in [-0.4, -0.2) is 73.6 Å². The molecule has 4 heterocycles. The smallest absolute Gasteiger partial charge is 0.226 e. The third-order valence-electron chi connectivity index (χ3n) is 6.29. The number of hydrogen-bond donors (Lipinski definition) is 0. The van der Waals surface area contributed by atoms with Crippen LogP contribution in [0.25, 0.3) is 0 Å². The van der Waals surface area contributed by atoms with Crippen molar-refractivity contribution in [3.8, 4) is 5.75 Å². The molecular formula is C22H27N3O4S. The number of amides is 2. The first-order chi connectivity index (χ1) is 14.6. The van der Waals surface area contributed by atoms with E-state index in [1.165, 1.54) is 11.1 Å². The van der Waals surface area contributed by atoms with E-state index in [9.17, 15) is 9.59 Å². The maximum absolute atomic E-state index is 12.8. The topological polar surface area (TPSA) is 62.3 Å². The van der Waals surface area contributed by atoms with Crippen LogP contribution in [0.3, 0.4) is 0 Å². The van der Waals surface area contributed by atoms with Crippen LogP contribution in [0.4, 0.5) is 5.69 Å². The second-order valence-corrected chi connectivity index (χ2v) is 9.50. The number of carbonyl (C=O) groups excluding carboxylic acids is 2. The summed E-state index contributed by atoms with van der Waals surface area (Å²) in [5.41, 5.74) is 3.62. The van der Waals surface area contributed by atoms with Crippen molar-refractivity contribution in [2.24, 2.45) is 5.92 Å². The number of carbonyl (C=O) groups is 2. The van der Waals surface area contributed by atoms with Crippen molar-refractivity contribution in [1.82, 2.24) is 9.21 Å². The van der Waals surface area contributed by atoms with Crippen molar-refractivity contribution >= 4 is 29.4 Å². The number of fused-ring (bicyclic) bond motifs is 1. The quantitative estimate of drug-likeness (QED) is 0.543. The minimum absolute atomic E-state index is 0.0396. The van der Waals surface area contributed by atoms with Crippen LogP contribution in [-0.2, 0) is 14.3 Å². The molecule has 8 heteroatoms. The number of rotatable bonds is 3. The SMILES string of the molecule is CC(=O)N1CCOc2ccc(SN3CC4=C(C3)CN(C(=O)C3CCOCC3)C4)cc21. The van der Waals surface area contributed by atoms with Gasteiger partial charge in [-0.25, -0.2) is 4.31 Å². The minimum Gasteiger partial charge on any atom is -0.490 e. The zero-order chi connectivity index (χ0) is 20.7. The van der Waals surface area contributed by atoms with E-state index >= 15 is 0 Å². The molecule has 4 aliphatic heterocycles. The molecule has 160 valence electrons. The molecule has 4 aliphatic rings. The molecule has 5 rings (SSSR count). The van der Waals surface area contributed by atoms with E-state index in [4.69, 9.17) is 9.47 Å². The Labute approximate surface area is 181 Å². The van der Waals surface area contributed by atoms with Gasteiger partial charge in [-0.15, -0.1) is 0 Å². The van der Waals surface area contributed by atoms with Crippen LogP contribution >= 0.6 is 11.9 Å². The van der Waals surface area contributed by atoms with Crippen LogP contribution in [0.1, 0.15) is 19.8 Å². The number of anilines is 1. The summed E-state index contributed by atoms with van der Waals surface area (Å²) in [7, 11) is 0. The average Bonchev–Trinajstić information content (AvgIpc) is 3.32. The van der Waals surface area contributed by atoms with Crippen molar-refractivity contribution in [2.75, 3.05) is 57.4 Å². The Bertz CT molecular complexity index is 878. The van der Waals surface area contributed by atoms with Gasteiger partial charge in [-0.1, -0.05) is 0 Å². The maximum Gasteiger partial charge on any atom is 0.226 e. The van der Waals surface area contributed by atoms with E-state index in [-0.39, 0.29) is 11.8 Å². The first-order valence-electron chi connectivity index (χ1n) is 10.6. The second-order valence-electron chi connectivity index (χ2n) is 8.33. The Morgan fingerprint density at radius 1 is 1.03 bits per heavy atom. The zero-order valence-corrected chi connectivity index (χ0v) is 18.1. The minimum atomic E-state index is 0.0396. The number of ether oxygens (including phenoxy) is 2. The molecule has 30 heavy (non-hydrogen) atoms. The lowest BCUT2D eigenvalue weighted by Gasteiger charge is -2.29. The van der Waals surface area contributed by atoms with E-state index < -0.39 is 0 Å². The molecule has 0 spiro atoms. The van der Waals surface area contributed by atoms with Crippen LogP contribution < -0.4 is 9.64 Å². The number of benzene rings is 1. The van der Waals surface area contributed by atoms with Gasteiger partial charge in [0.25, 0.3) is 0 Å². The Morgan fingerprint density at radius 3 is 2.47 bits per heavy atom. The molecule has 1 aromatic rings. The third kappa shape index (κ3) is 3.84. The van der Waals surface area contributed by atoms with Crippen molar-refractivity contribution in [3.05, 3.63) is 29.3 Å². The molecule has 0 bridgehead atoms. The van der Waals surface area contributed by atoms with Crippen molar-refractivity contribution < 1.29 is 19.1 Å². The van der Waals surface area contributed by atoms with Gasteiger partial charge in [-0.2, -0.15) is 0 Å². The summed E-state index contributed by atoms with van der Waals surface area (Å²) in [5, 5.41) is 0. The normalized spacial score (nSPS) is 22.2. The van der Waals surface area contributed by atoms with E-state index in [2.05, 4.69) is 10.4 Å². The van der Waals surface area contributed by atoms with Crippen LogP contribution in [0, 0.1) is 5.92 Å². The number of hydrogen-bond acceptors (Lipinski definition) is 6. The molecule has 0 N–H and O–H groups in total. The van der Waals surface area contributed by atoms with E-state index in [0.29, 0.717) is 32.3 Å². The summed E-state index contributed by atoms with van der Waals surface area (Å²) in [6.45, 7) is 7.40. The van der Waals surface area contributed by atoms with Gasteiger partial charge in [-0.3, -0.25) is 9.59 Å². The fourth-order valence-electron chi connectivity index (χ4n) is 4.70. The van der Waals surface area contributed by atoms with Gasteiger partial charge in [0.05, 0.1) is 12.2 Å². The highest BCUT2D eigenvalue weighted by atomic mass is 32.2. The first kappa shape index (κ1) is 19.9. The molecule has 2 amide bonds. The molecule has 1 fully saturated rings. The Balaban J connectivity index is 1.19. The Morgan fingerprint density at radius 2 is 1.77 bits per heavy atom. The summed E-state index contributed by atoms with van der Waals surface area (Å²) in [6.07, 6.45) is 1.70. The van der Waals surface area contributed by atoms with Crippen LogP contribution in [0.15, 0.2) is 34.2 Å². The van der Waals surface area contributed by atoms with Gasteiger partial charge in [-0.05, 0) is 54.1 Å². The Kier molecular flexibility index (Phi) is 5.47. The van der Waals surface area contributed by atoms with Gasteiger partial charge < -0.3 is 19.3 Å². The molecule has 0 aliphatic carbocycles. The van der Waals surface area contributed by atoms with Crippen molar-refractivity contribution in [3.63, 3.8) is 0 Å². The van der Waals surface area contributed by atoms with Crippen LogP contribution in [0.2, 0.25) is 0 Å². The number of nitrogens with zero attached hydrogens (tertiary/aromatic N) is 3. The van der Waals surface area contributed by atoms with Gasteiger partial charge in [0, 0.05) is 57.1 Å². The van der Waals surface area contributed by atoms with Crippen molar-refractivity contribution in [2.45, 2.75) is 24.7 Å². The fourth-order valence-corrected chi connectivity index (χ4v) is 5.73. The van der Waals surface area contributed by atoms with E-state index in [0.717, 1.165) is 55.4 Å². The predicted molar refractivity (Wildman–Crippen MR) is 115 cm³/mol. The lowest BCUT2D eigenvalue weighted by Crippen LogP contribution is -2.39. The summed E-state index contributed by atoms with van der Waals surface area (Å²) in [4.78, 5) is 29.7. The molecule has 0 saturated carbocycles. The monoisotopic (exact) mass is 429 g/mol. The van der Waals surface area contributed by atoms with E-state index in [1.54, 1.807) is 23.8 Å². The van der Waals surface area contributed by atoms with E-state index in [1.807, 2.05) is 17.0 Å². The van der Waals surface area contributed by atoms with Crippen LogP contribution in [0.5, 0.6) is 5.75 Å². The highest BCUT2D eigenvalue weighted by Gasteiger charge is 2.35. The fraction of sp³-hybridized carbons (Fsp3) is 0.545. The maximum atomic E-state index is 12.8. The summed E-state index contributed by atoms with van der Waals surface area (Å²) in [6, 6.07) is 6.06. The first-order valence-corrected chi connectivity index (χ1v) is 11.4. The molecule has 0 atom stereocenters. The van der Waals surface area contributed by atoms with Gasteiger partial charge in [0.15, 0.2) is 0 Å². The molecule has 1 aromatic carbocycles. The van der Waals surface area contributed by atoms with Crippen molar-refractivity contribution in [1.29, 1.82) is 0 Å². The van der Waals surface area contributed by atoms with Gasteiger partial charge in [0.1, 0.15) is 12.4 Å². The Hall–Kier alpha value is -2.03. The standard InChI is InChI=1S/C22H27N3O4S/c1-15(26)25-6-9-29-21-3-2-19(10-20(21)25)30-24-13-17-11-23(12-18(17)14-24)22(27)16-4-7-28-8-5-16/h2-3,10,16H,4-9,11-14H2,1H3. The summed E-state index contributed by atoms with van der Waals surface area (Å²) < 4.78 is 13.4. The lowest BCUT2D eigenvalue weighted by atomic mass is 9.99. The highest BCUT2D eigenvalue weighted by Crippen LogP contribution is 2.39. The molecular weight excluding hydrogens is 402 g/mol. The molecule has 7 nitrogen and oxygen atoms in total. The molecule has 0 unspecified atom stereocenters. The summed E-state index contributed by atoms with van der Waals surface area (Å²) in [5.74, 6) is 1.24. The molecule has 0 aromatic heterocycles. The average molecular weight is 430 g/mol. The zero-order valence-electron chi connectivity index (χ0n) is 17.3. The van der Waals surface area contributed by atoms with Gasteiger partial charge in [0.2, 0.25) is 11.8 Å². The molecule has 1 saturated heterocycles. The second kappa shape index (κ2) is 8.24. The highest BCUT2D eigenvalue weighted by molar-refractivity contribution is 7.97. The lowest BCUT2D eigenvalue weighted by molar-refractivity contribution is -0.137. The largest absolute Gasteiger partial charge is 0.490 e. The predicted octanol–water partition coefficient (Wildman–Crippen LogP) is 2.32. The summed E-state index contributed by atoms with van der Waals surface area (Å²) >= 11 is 1.71. The van der Waals surface area contributed by atoms with Gasteiger partial charge >= 0.3 is 0 Å². The molecule has 0 radical (unpaired) electrons. The third-order valence-corrected chi connectivity index (χ3v) is 7.27.